The zero-order valence-electron chi connectivity index (χ0n) is 8.69. The van der Waals surface area contributed by atoms with E-state index < -0.39 is 25.0 Å². The lowest BCUT2D eigenvalue weighted by Gasteiger charge is -2.16. The fourth-order valence-electron chi connectivity index (χ4n) is 1.92. The average molecular weight is 255 g/mol. The van der Waals surface area contributed by atoms with Crippen LogP contribution in [0.3, 0.4) is 0 Å². The highest BCUT2D eigenvalue weighted by Crippen LogP contribution is 2.31. The number of halogens is 5. The van der Waals surface area contributed by atoms with Crippen LogP contribution in [0.1, 0.15) is 17.2 Å². The quantitative estimate of drug-likeness (QED) is 0.817. The third-order valence-corrected chi connectivity index (χ3v) is 2.56. The zero-order chi connectivity index (χ0) is 12.6. The number of alkyl halides is 5. The third kappa shape index (κ3) is 2.41. The van der Waals surface area contributed by atoms with Gasteiger partial charge < -0.3 is 9.88 Å². The molecule has 0 amide bonds. The van der Waals surface area contributed by atoms with Gasteiger partial charge in [0.1, 0.15) is 0 Å². The Hall–Kier alpha value is -1.18. The Morgan fingerprint density at radius 1 is 1.35 bits per heavy atom. The molecule has 0 saturated heterocycles. The smallest absolute Gasteiger partial charge is 0.318 e. The summed E-state index contributed by atoms with van der Waals surface area (Å²) in [4.78, 5) is 3.42. The van der Waals surface area contributed by atoms with Crippen LogP contribution in [-0.4, -0.2) is 22.5 Å². The van der Waals surface area contributed by atoms with Crippen LogP contribution in [0.25, 0.3) is 0 Å². The second-order valence-corrected chi connectivity index (χ2v) is 3.76. The van der Waals surface area contributed by atoms with Crippen molar-refractivity contribution in [3.8, 4) is 0 Å². The number of hydrogen-bond acceptors (Lipinski definition) is 2. The minimum atomic E-state index is -4.70. The number of imidazole rings is 1. The first-order valence-corrected chi connectivity index (χ1v) is 5.04. The van der Waals surface area contributed by atoms with Gasteiger partial charge >= 0.3 is 6.18 Å². The van der Waals surface area contributed by atoms with E-state index in [0.29, 0.717) is 11.1 Å². The maximum absolute atomic E-state index is 12.6. The highest BCUT2D eigenvalue weighted by atomic mass is 19.4. The van der Waals surface area contributed by atoms with Crippen molar-refractivity contribution in [2.24, 2.45) is 0 Å². The molecule has 1 aliphatic heterocycles. The summed E-state index contributed by atoms with van der Waals surface area (Å²) in [6.07, 6.45) is -7.25. The molecule has 0 aliphatic carbocycles. The van der Waals surface area contributed by atoms with Crippen molar-refractivity contribution in [3.05, 3.63) is 17.2 Å². The minimum Gasteiger partial charge on any atom is -0.318 e. The van der Waals surface area contributed by atoms with Crippen molar-refractivity contribution in [2.75, 3.05) is 6.54 Å². The second kappa shape index (κ2) is 4.25. The van der Waals surface area contributed by atoms with Gasteiger partial charge in [0.25, 0.3) is 6.43 Å². The van der Waals surface area contributed by atoms with E-state index in [4.69, 9.17) is 0 Å². The fraction of sp³-hybridized carbons (Fsp3) is 0.667. The molecule has 0 aromatic carbocycles. The van der Waals surface area contributed by atoms with Gasteiger partial charge in [0.2, 0.25) is 5.82 Å². The van der Waals surface area contributed by atoms with E-state index in [1.807, 2.05) is 0 Å². The van der Waals surface area contributed by atoms with Crippen LogP contribution in [0.4, 0.5) is 22.0 Å². The largest absolute Gasteiger partial charge is 0.449 e. The van der Waals surface area contributed by atoms with Crippen LogP contribution in [0.15, 0.2) is 0 Å². The summed E-state index contributed by atoms with van der Waals surface area (Å²) in [6.45, 7) is -0.301. The number of hydrogen-bond donors (Lipinski definition) is 1. The second-order valence-electron chi connectivity index (χ2n) is 3.76. The number of aromatic nitrogens is 2. The highest BCUT2D eigenvalue weighted by molar-refractivity contribution is 5.21. The molecule has 3 nitrogen and oxygen atoms in total. The van der Waals surface area contributed by atoms with E-state index >= 15 is 0 Å². The lowest BCUT2D eigenvalue weighted by Crippen LogP contribution is -2.26. The fourth-order valence-corrected chi connectivity index (χ4v) is 1.92. The predicted octanol–water partition coefficient (Wildman–Crippen LogP) is 1.81. The van der Waals surface area contributed by atoms with Crippen molar-refractivity contribution >= 4 is 0 Å². The Kier molecular flexibility index (Phi) is 3.07. The monoisotopic (exact) mass is 255 g/mol. The average Bonchev–Trinajstić information content (AvgIpc) is 2.56. The first kappa shape index (κ1) is 12.3. The third-order valence-electron chi connectivity index (χ3n) is 2.56. The first-order chi connectivity index (χ1) is 7.89. The summed E-state index contributed by atoms with van der Waals surface area (Å²) in [6, 6.07) is 0. The molecule has 96 valence electrons. The molecular formula is C9H10F5N3. The SMILES string of the molecule is FC(F)Cn1c(C(F)(F)F)nc2c1CCNC2. The molecule has 1 aromatic rings. The Labute approximate surface area is 93.6 Å². The van der Waals surface area contributed by atoms with Gasteiger partial charge in [-0.15, -0.1) is 0 Å². The Balaban J connectivity index is 2.47. The van der Waals surface area contributed by atoms with Crippen molar-refractivity contribution in [1.29, 1.82) is 0 Å². The van der Waals surface area contributed by atoms with Gasteiger partial charge in [-0.2, -0.15) is 13.2 Å². The summed E-state index contributed by atoms with van der Waals surface area (Å²) in [5.41, 5.74) is 0.473. The van der Waals surface area contributed by atoms with Crippen LogP contribution in [0, 0.1) is 0 Å². The van der Waals surface area contributed by atoms with Crippen LogP contribution < -0.4 is 5.32 Å². The van der Waals surface area contributed by atoms with Crippen molar-refractivity contribution in [1.82, 2.24) is 14.9 Å². The Bertz CT molecular complexity index is 409. The number of fused-ring (bicyclic) bond motifs is 1. The lowest BCUT2D eigenvalue weighted by atomic mass is 10.2. The number of nitrogens with zero attached hydrogens (tertiary/aromatic N) is 2. The first-order valence-electron chi connectivity index (χ1n) is 5.04. The molecule has 0 radical (unpaired) electrons. The molecule has 0 atom stereocenters. The minimum absolute atomic E-state index is 0.189. The van der Waals surface area contributed by atoms with Gasteiger partial charge in [-0.3, -0.25) is 0 Å². The van der Waals surface area contributed by atoms with E-state index in [2.05, 4.69) is 10.3 Å². The summed E-state index contributed by atoms with van der Waals surface area (Å²) in [5, 5.41) is 2.86. The topological polar surface area (TPSA) is 29.9 Å². The molecule has 17 heavy (non-hydrogen) atoms. The van der Waals surface area contributed by atoms with Crippen LogP contribution in [-0.2, 0) is 25.7 Å². The summed E-state index contributed by atoms with van der Waals surface area (Å²) >= 11 is 0. The van der Waals surface area contributed by atoms with E-state index in [1.165, 1.54) is 0 Å². The van der Waals surface area contributed by atoms with Crippen LogP contribution in [0.2, 0.25) is 0 Å². The van der Waals surface area contributed by atoms with Gasteiger partial charge in [-0.1, -0.05) is 0 Å². The van der Waals surface area contributed by atoms with E-state index in [-0.39, 0.29) is 24.4 Å². The molecule has 2 heterocycles. The van der Waals surface area contributed by atoms with E-state index in [9.17, 15) is 22.0 Å². The molecule has 0 unspecified atom stereocenters. The number of nitrogens with one attached hydrogen (secondary N) is 1. The molecule has 1 N–H and O–H groups in total. The molecule has 0 fully saturated rings. The van der Waals surface area contributed by atoms with Gasteiger partial charge in [-0.05, 0) is 0 Å². The molecule has 0 spiro atoms. The van der Waals surface area contributed by atoms with E-state index in [1.54, 1.807) is 0 Å². The zero-order valence-corrected chi connectivity index (χ0v) is 8.69. The normalized spacial score (nSPS) is 16.4. The van der Waals surface area contributed by atoms with Crippen molar-refractivity contribution in [2.45, 2.75) is 32.1 Å². The van der Waals surface area contributed by atoms with Gasteiger partial charge in [0.05, 0.1) is 12.2 Å². The molecule has 8 heteroatoms. The predicted molar refractivity (Wildman–Crippen MR) is 48.6 cm³/mol. The van der Waals surface area contributed by atoms with Gasteiger partial charge in [0, 0.05) is 25.2 Å². The summed E-state index contributed by atoms with van der Waals surface area (Å²) < 4.78 is 63.1. The van der Waals surface area contributed by atoms with E-state index in [0.717, 1.165) is 0 Å². The maximum atomic E-state index is 12.6. The molecule has 1 aliphatic rings. The Morgan fingerprint density at radius 3 is 2.65 bits per heavy atom. The summed E-state index contributed by atoms with van der Waals surface area (Å²) in [7, 11) is 0. The maximum Gasteiger partial charge on any atom is 0.449 e. The molecule has 0 bridgehead atoms. The molecule has 0 saturated carbocycles. The standard InChI is InChI=1S/C9H10F5N3/c10-7(11)4-17-6-1-2-15-3-5(6)16-8(17)9(12,13)14/h7,15H,1-4H2. The molecule has 1 aromatic heterocycles. The molecule has 2 rings (SSSR count). The molecular weight excluding hydrogens is 245 g/mol. The van der Waals surface area contributed by atoms with Crippen LogP contribution >= 0.6 is 0 Å². The highest BCUT2D eigenvalue weighted by Gasteiger charge is 2.39. The van der Waals surface area contributed by atoms with Gasteiger partial charge in [0.15, 0.2) is 0 Å². The Morgan fingerprint density at radius 2 is 2.06 bits per heavy atom. The summed E-state index contributed by atoms with van der Waals surface area (Å²) in [5.74, 6) is -1.23. The van der Waals surface area contributed by atoms with Crippen molar-refractivity contribution in [3.63, 3.8) is 0 Å². The number of rotatable bonds is 2. The van der Waals surface area contributed by atoms with Gasteiger partial charge in [-0.25, -0.2) is 13.8 Å². The van der Waals surface area contributed by atoms with Crippen LogP contribution in [0.5, 0.6) is 0 Å². The lowest BCUT2D eigenvalue weighted by molar-refractivity contribution is -0.148. The van der Waals surface area contributed by atoms with Crippen molar-refractivity contribution < 1.29 is 22.0 Å².